The van der Waals surface area contributed by atoms with Gasteiger partial charge in [0, 0.05) is 25.6 Å². The van der Waals surface area contributed by atoms with Gasteiger partial charge in [0.2, 0.25) is 5.91 Å². The van der Waals surface area contributed by atoms with E-state index < -0.39 is 41.2 Å². The number of amides is 2. The highest BCUT2D eigenvalue weighted by molar-refractivity contribution is 5.95. The van der Waals surface area contributed by atoms with Crippen LogP contribution >= 0.6 is 0 Å². The molecular formula is C20H19F5N4O2. The number of hydrogen-bond donors (Lipinski definition) is 1. The summed E-state index contributed by atoms with van der Waals surface area (Å²) in [4.78, 5) is 27.3. The van der Waals surface area contributed by atoms with Crippen molar-refractivity contribution >= 4 is 11.8 Å². The molecule has 4 atom stereocenters. The summed E-state index contributed by atoms with van der Waals surface area (Å²) in [6.45, 7) is 0.296. The van der Waals surface area contributed by atoms with Crippen LogP contribution in [0.3, 0.4) is 0 Å². The zero-order valence-electron chi connectivity index (χ0n) is 16.2. The zero-order chi connectivity index (χ0) is 22.5. The second kappa shape index (κ2) is 7.75. The minimum Gasteiger partial charge on any atom is -0.338 e. The first kappa shape index (κ1) is 21.5. The Morgan fingerprint density at radius 2 is 1.87 bits per heavy atom. The number of carbonyl (C=O) groups is 2. The van der Waals surface area contributed by atoms with Gasteiger partial charge in [0.05, 0.1) is 30.3 Å². The fraction of sp³-hybridized carbons (Fsp3) is 0.550. The summed E-state index contributed by atoms with van der Waals surface area (Å²) in [6.07, 6.45) is -6.11. The van der Waals surface area contributed by atoms with Gasteiger partial charge < -0.3 is 15.1 Å². The molecule has 2 saturated heterocycles. The summed E-state index contributed by atoms with van der Waals surface area (Å²) < 4.78 is 66.3. The van der Waals surface area contributed by atoms with E-state index in [0.29, 0.717) is 6.07 Å². The highest BCUT2D eigenvalue weighted by Gasteiger charge is 2.57. The molecule has 2 amide bonds. The summed E-state index contributed by atoms with van der Waals surface area (Å²) in [5, 5.41) is 12.1. The molecule has 0 aromatic heterocycles. The first-order chi connectivity index (χ1) is 14.6. The largest absolute Gasteiger partial charge is 0.419 e. The summed E-state index contributed by atoms with van der Waals surface area (Å²) in [5.74, 6) is -2.75. The van der Waals surface area contributed by atoms with Crippen molar-refractivity contribution in [3.8, 4) is 6.07 Å². The third-order valence-corrected chi connectivity index (χ3v) is 6.22. The van der Waals surface area contributed by atoms with Gasteiger partial charge in [-0.2, -0.15) is 18.4 Å². The lowest BCUT2D eigenvalue weighted by Crippen LogP contribution is -2.43. The number of likely N-dealkylation sites (tertiary alicyclic amines) is 2. The van der Waals surface area contributed by atoms with Crippen LogP contribution in [-0.4, -0.2) is 66.0 Å². The number of carbonyl (C=O) groups excluding carboxylic acids is 2. The van der Waals surface area contributed by atoms with Gasteiger partial charge in [0.1, 0.15) is 18.0 Å². The van der Waals surface area contributed by atoms with Crippen LogP contribution in [0.15, 0.2) is 18.2 Å². The summed E-state index contributed by atoms with van der Waals surface area (Å²) in [5.41, 5.74) is -2.10. The monoisotopic (exact) mass is 442 g/mol. The van der Waals surface area contributed by atoms with Crippen molar-refractivity contribution in [1.29, 1.82) is 5.26 Å². The molecule has 1 aliphatic carbocycles. The van der Waals surface area contributed by atoms with Crippen LogP contribution in [0, 0.1) is 29.0 Å². The highest BCUT2D eigenvalue weighted by Crippen LogP contribution is 2.46. The van der Waals surface area contributed by atoms with Gasteiger partial charge in [0.15, 0.2) is 0 Å². The number of halogens is 5. The highest BCUT2D eigenvalue weighted by atomic mass is 19.4. The van der Waals surface area contributed by atoms with Gasteiger partial charge in [-0.05, 0) is 24.0 Å². The fourth-order valence-electron chi connectivity index (χ4n) is 4.57. The SMILES string of the molecule is N#C[C@@H]1C[C@H](F)CN1C(=O)CNC1C2CN(C(=O)c3cccc(C(F)(F)F)c3F)CC21. The van der Waals surface area contributed by atoms with Gasteiger partial charge in [-0.15, -0.1) is 0 Å². The molecule has 31 heavy (non-hydrogen) atoms. The molecule has 0 spiro atoms. The van der Waals surface area contributed by atoms with Crippen LogP contribution in [0.5, 0.6) is 0 Å². The molecule has 0 radical (unpaired) electrons. The van der Waals surface area contributed by atoms with Crippen molar-refractivity contribution in [2.75, 3.05) is 26.2 Å². The number of rotatable bonds is 4. The number of alkyl halides is 4. The van der Waals surface area contributed by atoms with E-state index in [4.69, 9.17) is 5.26 Å². The third-order valence-electron chi connectivity index (χ3n) is 6.22. The van der Waals surface area contributed by atoms with Gasteiger partial charge >= 0.3 is 6.18 Å². The molecule has 1 aromatic carbocycles. The molecule has 2 heterocycles. The number of nitrogens with one attached hydrogen (secondary N) is 1. The van der Waals surface area contributed by atoms with E-state index in [1.165, 1.54) is 9.80 Å². The second-order valence-corrected chi connectivity index (χ2v) is 8.13. The number of piperidine rings is 1. The maximum Gasteiger partial charge on any atom is 0.419 e. The molecule has 1 N–H and O–H groups in total. The number of benzene rings is 1. The predicted octanol–water partition coefficient (Wildman–Crippen LogP) is 1.97. The standard InChI is InChI=1S/C20H19F5N4O2/c21-10-4-11(5-26)29(7-10)16(30)6-27-18-13-8-28(9-14(13)18)19(31)12-2-1-3-15(17(12)22)20(23,24)25/h1-3,10-11,13-14,18,27H,4,6-9H2/t10-,11-,13?,14?,18?/m0/s1. The Hall–Kier alpha value is -2.74. The normalized spacial score (nSPS) is 29.6. The molecule has 11 heteroatoms. The number of nitriles is 1. The molecule has 3 aliphatic rings. The maximum atomic E-state index is 14.2. The topological polar surface area (TPSA) is 76.4 Å². The molecule has 1 saturated carbocycles. The Balaban J connectivity index is 1.31. The van der Waals surface area contributed by atoms with Gasteiger partial charge in [-0.3, -0.25) is 9.59 Å². The maximum absolute atomic E-state index is 14.2. The summed E-state index contributed by atoms with van der Waals surface area (Å²) >= 11 is 0. The van der Waals surface area contributed by atoms with Crippen LogP contribution in [0.25, 0.3) is 0 Å². The summed E-state index contributed by atoms with van der Waals surface area (Å²) in [6, 6.07) is 3.69. The predicted molar refractivity (Wildman–Crippen MR) is 96.7 cm³/mol. The van der Waals surface area contributed by atoms with E-state index in [2.05, 4.69) is 5.32 Å². The van der Waals surface area contributed by atoms with Crippen molar-refractivity contribution in [1.82, 2.24) is 15.1 Å². The van der Waals surface area contributed by atoms with Crippen molar-refractivity contribution in [2.45, 2.75) is 30.9 Å². The van der Waals surface area contributed by atoms with Crippen molar-refractivity contribution in [3.05, 3.63) is 35.1 Å². The zero-order valence-corrected chi connectivity index (χ0v) is 16.2. The number of fused-ring (bicyclic) bond motifs is 1. The van der Waals surface area contributed by atoms with Crippen LogP contribution in [0.1, 0.15) is 22.3 Å². The fourth-order valence-corrected chi connectivity index (χ4v) is 4.57. The third kappa shape index (κ3) is 3.96. The minimum absolute atomic E-state index is 0.0000880. The lowest BCUT2D eigenvalue weighted by atomic mass is 10.1. The average molecular weight is 442 g/mol. The van der Waals surface area contributed by atoms with Crippen LogP contribution < -0.4 is 5.32 Å². The number of nitrogens with zero attached hydrogens (tertiary/aromatic N) is 3. The minimum atomic E-state index is -4.89. The average Bonchev–Trinajstić information content (AvgIpc) is 3.04. The quantitative estimate of drug-likeness (QED) is 0.724. The van der Waals surface area contributed by atoms with Crippen molar-refractivity contribution < 1.29 is 31.5 Å². The van der Waals surface area contributed by atoms with E-state index in [0.717, 1.165) is 12.1 Å². The van der Waals surface area contributed by atoms with Crippen LogP contribution in [-0.2, 0) is 11.0 Å². The van der Waals surface area contributed by atoms with E-state index in [1.54, 1.807) is 0 Å². The van der Waals surface area contributed by atoms with Gasteiger partial charge in [0.25, 0.3) is 5.91 Å². The van der Waals surface area contributed by atoms with Crippen LogP contribution in [0.4, 0.5) is 22.0 Å². The first-order valence-corrected chi connectivity index (χ1v) is 9.83. The lowest BCUT2D eigenvalue weighted by Gasteiger charge is -2.22. The Morgan fingerprint density at radius 3 is 2.48 bits per heavy atom. The first-order valence-electron chi connectivity index (χ1n) is 9.83. The molecule has 2 aliphatic heterocycles. The van der Waals surface area contributed by atoms with E-state index in [1.807, 2.05) is 6.07 Å². The van der Waals surface area contributed by atoms with Gasteiger partial charge in [-0.1, -0.05) is 6.07 Å². The molecule has 0 bridgehead atoms. The second-order valence-electron chi connectivity index (χ2n) is 8.13. The Bertz CT molecular complexity index is 934. The molecule has 4 rings (SSSR count). The molecular weight excluding hydrogens is 423 g/mol. The number of hydrogen-bond acceptors (Lipinski definition) is 4. The molecule has 6 nitrogen and oxygen atoms in total. The van der Waals surface area contributed by atoms with Crippen molar-refractivity contribution in [2.24, 2.45) is 11.8 Å². The lowest BCUT2D eigenvalue weighted by molar-refractivity contribution is -0.140. The Labute approximate surface area is 174 Å². The van der Waals surface area contributed by atoms with Gasteiger partial charge in [-0.25, -0.2) is 8.78 Å². The Kier molecular flexibility index (Phi) is 5.37. The van der Waals surface area contributed by atoms with Crippen molar-refractivity contribution in [3.63, 3.8) is 0 Å². The molecule has 2 unspecified atom stereocenters. The molecule has 3 fully saturated rings. The molecule has 1 aromatic rings. The van der Waals surface area contributed by atoms with E-state index in [-0.39, 0.29) is 56.4 Å². The van der Waals surface area contributed by atoms with E-state index >= 15 is 0 Å². The smallest absolute Gasteiger partial charge is 0.338 e. The molecule has 166 valence electrons. The summed E-state index contributed by atoms with van der Waals surface area (Å²) in [7, 11) is 0. The Morgan fingerprint density at radius 1 is 1.19 bits per heavy atom. The van der Waals surface area contributed by atoms with E-state index in [9.17, 15) is 31.5 Å². The van der Waals surface area contributed by atoms with Crippen LogP contribution in [0.2, 0.25) is 0 Å².